The third-order valence-electron chi connectivity index (χ3n) is 7.15. The van der Waals surface area contributed by atoms with Crippen LogP contribution in [0.2, 0.25) is 0 Å². The lowest BCUT2D eigenvalue weighted by Crippen LogP contribution is -2.58. The maximum Gasteiger partial charge on any atom is 0.0361 e. The number of piperidine rings is 1. The van der Waals surface area contributed by atoms with E-state index < -0.39 is 0 Å². The Morgan fingerprint density at radius 1 is 0.733 bits per heavy atom. The molecule has 3 aliphatic heterocycles. The molecular formula is C28H32N2. The van der Waals surface area contributed by atoms with Gasteiger partial charge in [-0.2, -0.15) is 0 Å². The highest BCUT2D eigenvalue weighted by molar-refractivity contribution is 5.36. The van der Waals surface area contributed by atoms with E-state index >= 15 is 0 Å². The van der Waals surface area contributed by atoms with Gasteiger partial charge in [-0.15, -0.1) is 0 Å². The quantitative estimate of drug-likeness (QED) is 0.595. The highest BCUT2D eigenvalue weighted by Gasteiger charge is 2.44. The van der Waals surface area contributed by atoms with E-state index in [1.807, 2.05) is 0 Å². The predicted octanol–water partition coefficient (Wildman–Crippen LogP) is 5.46. The molecule has 30 heavy (non-hydrogen) atoms. The zero-order chi connectivity index (χ0) is 20.2. The molecule has 3 fully saturated rings. The topological polar surface area (TPSA) is 15.3 Å². The fourth-order valence-electron chi connectivity index (χ4n) is 5.75. The van der Waals surface area contributed by atoms with Gasteiger partial charge in [-0.3, -0.25) is 4.90 Å². The van der Waals surface area contributed by atoms with E-state index in [-0.39, 0.29) is 0 Å². The number of rotatable bonds is 6. The number of hydrogen-bond donors (Lipinski definition) is 1. The fourth-order valence-corrected chi connectivity index (χ4v) is 5.75. The predicted molar refractivity (Wildman–Crippen MR) is 124 cm³/mol. The highest BCUT2D eigenvalue weighted by Crippen LogP contribution is 2.41. The summed E-state index contributed by atoms with van der Waals surface area (Å²) in [6.45, 7) is 3.40. The van der Waals surface area contributed by atoms with E-state index in [9.17, 15) is 0 Å². The zero-order valence-electron chi connectivity index (χ0n) is 17.7. The van der Waals surface area contributed by atoms with Gasteiger partial charge in [0.2, 0.25) is 0 Å². The molecule has 0 spiro atoms. The van der Waals surface area contributed by atoms with Gasteiger partial charge in [0.05, 0.1) is 0 Å². The third-order valence-corrected chi connectivity index (χ3v) is 7.15. The lowest BCUT2D eigenvalue weighted by Gasteiger charge is -2.47. The van der Waals surface area contributed by atoms with Crippen LogP contribution in [-0.4, -0.2) is 30.1 Å². The van der Waals surface area contributed by atoms with Crippen LogP contribution in [0.4, 0.5) is 0 Å². The van der Waals surface area contributed by atoms with Crippen molar-refractivity contribution in [3.63, 3.8) is 0 Å². The Kier molecular flexibility index (Phi) is 5.96. The Morgan fingerprint density at radius 2 is 1.33 bits per heavy atom. The number of benzene rings is 3. The first-order chi connectivity index (χ1) is 14.9. The lowest BCUT2D eigenvalue weighted by molar-refractivity contribution is 0.0861. The molecule has 3 heterocycles. The van der Waals surface area contributed by atoms with Crippen molar-refractivity contribution < 1.29 is 0 Å². The molecule has 0 saturated carbocycles. The molecule has 3 saturated heterocycles. The smallest absolute Gasteiger partial charge is 0.0361 e. The van der Waals surface area contributed by atoms with Crippen LogP contribution in [0.5, 0.6) is 0 Å². The van der Waals surface area contributed by atoms with E-state index in [1.54, 1.807) is 0 Å². The number of fused-ring (bicyclic) bond motifs is 4. The fraction of sp³-hybridized carbons (Fsp3) is 0.357. The molecule has 2 unspecified atom stereocenters. The second-order valence-corrected chi connectivity index (χ2v) is 8.91. The van der Waals surface area contributed by atoms with Gasteiger partial charge in [0, 0.05) is 24.5 Å². The first-order valence-electron chi connectivity index (χ1n) is 11.5. The minimum atomic E-state index is 0.390. The molecule has 3 aromatic carbocycles. The van der Waals surface area contributed by atoms with Crippen LogP contribution in [0.1, 0.15) is 41.9 Å². The van der Waals surface area contributed by atoms with Gasteiger partial charge in [-0.1, -0.05) is 91.0 Å². The first kappa shape index (κ1) is 19.5. The van der Waals surface area contributed by atoms with Crippen molar-refractivity contribution in [1.29, 1.82) is 0 Å². The molecule has 154 valence electrons. The molecule has 6 rings (SSSR count). The van der Waals surface area contributed by atoms with Crippen molar-refractivity contribution in [1.82, 2.24) is 10.2 Å². The van der Waals surface area contributed by atoms with Crippen LogP contribution in [0.25, 0.3) is 0 Å². The van der Waals surface area contributed by atoms with Gasteiger partial charge in [0.1, 0.15) is 0 Å². The van der Waals surface area contributed by atoms with E-state index in [0.717, 1.165) is 12.5 Å². The standard InChI is InChI=1S/C28H32N2/c1-4-11-22(12-5-1)21-29-27-25-17-10-19-30(20-18-25)28(27)26(23-13-6-2-7-14-23)24-15-8-3-9-16-24/h1-9,11-16,25-29H,10,17-21H2/t25?,27-,28-/m0/s1. The van der Waals surface area contributed by atoms with Gasteiger partial charge >= 0.3 is 0 Å². The molecule has 0 radical (unpaired) electrons. The summed E-state index contributed by atoms with van der Waals surface area (Å²) in [7, 11) is 0. The van der Waals surface area contributed by atoms with Crippen molar-refractivity contribution in [2.45, 2.75) is 43.8 Å². The van der Waals surface area contributed by atoms with Gasteiger partial charge in [-0.05, 0) is 55.0 Å². The summed E-state index contributed by atoms with van der Waals surface area (Å²) in [5.74, 6) is 1.15. The van der Waals surface area contributed by atoms with Crippen molar-refractivity contribution in [2.24, 2.45) is 5.92 Å². The highest BCUT2D eigenvalue weighted by atomic mass is 15.2. The first-order valence-corrected chi connectivity index (χ1v) is 11.5. The van der Waals surface area contributed by atoms with E-state index in [2.05, 4.69) is 101 Å². The monoisotopic (exact) mass is 396 g/mol. The second kappa shape index (κ2) is 9.16. The summed E-state index contributed by atoms with van der Waals surface area (Å²) in [6, 6.07) is 34.2. The van der Waals surface area contributed by atoms with Gasteiger partial charge in [-0.25, -0.2) is 0 Å². The van der Waals surface area contributed by atoms with Crippen molar-refractivity contribution in [3.05, 3.63) is 108 Å². The van der Waals surface area contributed by atoms with Crippen LogP contribution in [0.3, 0.4) is 0 Å². The largest absolute Gasteiger partial charge is 0.308 e. The average molecular weight is 397 g/mol. The molecule has 4 atom stereocenters. The SMILES string of the molecule is c1ccc(CN[C@H]2C3CCCN(CC3)[C@H]2C(c2ccccc2)c2ccccc2)cc1. The summed E-state index contributed by atoms with van der Waals surface area (Å²) in [5.41, 5.74) is 4.25. The maximum absolute atomic E-state index is 4.04. The van der Waals surface area contributed by atoms with Crippen LogP contribution < -0.4 is 5.32 Å². The summed E-state index contributed by atoms with van der Waals surface area (Å²) < 4.78 is 0. The van der Waals surface area contributed by atoms with Gasteiger partial charge < -0.3 is 5.32 Å². The molecule has 1 N–H and O–H groups in total. The Bertz CT molecular complexity index is 866. The summed E-state index contributed by atoms with van der Waals surface area (Å²) in [6.07, 6.45) is 3.98. The summed E-state index contributed by atoms with van der Waals surface area (Å²) >= 11 is 0. The number of hydrogen-bond acceptors (Lipinski definition) is 2. The lowest BCUT2D eigenvalue weighted by atomic mass is 9.74. The molecule has 2 nitrogen and oxygen atoms in total. The zero-order valence-corrected chi connectivity index (χ0v) is 17.7. The molecule has 2 bridgehead atoms. The van der Waals surface area contributed by atoms with Crippen LogP contribution in [0.15, 0.2) is 91.0 Å². The molecular weight excluding hydrogens is 364 g/mol. The third kappa shape index (κ3) is 4.08. The van der Waals surface area contributed by atoms with Crippen molar-refractivity contribution >= 4 is 0 Å². The van der Waals surface area contributed by atoms with E-state index in [0.29, 0.717) is 18.0 Å². The average Bonchev–Trinajstić information content (AvgIpc) is 3.15. The normalized spacial score (nSPS) is 25.9. The molecule has 0 aromatic heterocycles. The van der Waals surface area contributed by atoms with E-state index in [4.69, 9.17) is 0 Å². The maximum atomic E-state index is 4.04. The Hall–Kier alpha value is -2.42. The van der Waals surface area contributed by atoms with Gasteiger partial charge in [0.25, 0.3) is 0 Å². The number of nitrogens with one attached hydrogen (secondary N) is 1. The minimum Gasteiger partial charge on any atom is -0.308 e. The Labute approximate surface area is 180 Å². The van der Waals surface area contributed by atoms with Crippen LogP contribution in [-0.2, 0) is 6.54 Å². The molecule has 3 aliphatic rings. The molecule has 3 aromatic rings. The number of nitrogens with zero attached hydrogens (tertiary/aromatic N) is 1. The van der Waals surface area contributed by atoms with Crippen molar-refractivity contribution in [3.8, 4) is 0 Å². The minimum absolute atomic E-state index is 0.390. The molecule has 0 amide bonds. The van der Waals surface area contributed by atoms with Crippen LogP contribution >= 0.6 is 0 Å². The Balaban J connectivity index is 1.52. The Morgan fingerprint density at radius 3 is 1.97 bits per heavy atom. The van der Waals surface area contributed by atoms with E-state index in [1.165, 1.54) is 49.0 Å². The summed E-state index contributed by atoms with van der Waals surface area (Å²) in [4.78, 5) is 2.79. The molecule has 2 heteroatoms. The van der Waals surface area contributed by atoms with Crippen LogP contribution in [0, 0.1) is 5.92 Å². The molecule has 0 aliphatic carbocycles. The van der Waals surface area contributed by atoms with Crippen molar-refractivity contribution in [2.75, 3.05) is 13.1 Å². The second-order valence-electron chi connectivity index (χ2n) is 8.91. The summed E-state index contributed by atoms with van der Waals surface area (Å²) in [5, 5.41) is 4.04. The van der Waals surface area contributed by atoms with Gasteiger partial charge in [0.15, 0.2) is 0 Å².